The van der Waals surface area contributed by atoms with Crippen molar-refractivity contribution in [2.24, 2.45) is 5.73 Å². The quantitative estimate of drug-likeness (QED) is 0.784. The van der Waals surface area contributed by atoms with E-state index in [1.54, 1.807) is 0 Å². The molecule has 0 heterocycles. The topological polar surface area (TPSA) is 35.2 Å². The molecule has 0 aromatic heterocycles. The van der Waals surface area contributed by atoms with Gasteiger partial charge in [-0.1, -0.05) is 25.5 Å². The Morgan fingerprint density at radius 2 is 2.18 bits per heavy atom. The number of nitrogens with two attached hydrogens (primary N) is 1. The predicted molar refractivity (Wildman–Crippen MR) is 71.3 cm³/mol. The second kappa shape index (κ2) is 6.06. The summed E-state index contributed by atoms with van der Waals surface area (Å²) < 4.78 is 5.79. The van der Waals surface area contributed by atoms with Crippen LogP contribution in [0.25, 0.3) is 0 Å². The minimum absolute atomic E-state index is 0.341. The van der Waals surface area contributed by atoms with E-state index >= 15 is 0 Å². The van der Waals surface area contributed by atoms with Gasteiger partial charge in [-0.25, -0.2) is 0 Å². The van der Waals surface area contributed by atoms with E-state index in [1.807, 2.05) is 6.07 Å². The maximum atomic E-state index is 6.03. The van der Waals surface area contributed by atoms with Gasteiger partial charge in [0, 0.05) is 6.04 Å². The minimum Gasteiger partial charge on any atom is -0.490 e. The zero-order valence-electron chi connectivity index (χ0n) is 10.7. The first-order valence-electron chi connectivity index (χ1n) is 6.79. The molecule has 0 radical (unpaired) electrons. The molecule has 17 heavy (non-hydrogen) atoms. The molecule has 1 atom stereocenters. The van der Waals surface area contributed by atoms with Crippen LogP contribution in [0.3, 0.4) is 0 Å². The minimum atomic E-state index is 0.341. The summed E-state index contributed by atoms with van der Waals surface area (Å²) >= 11 is 0. The summed E-state index contributed by atoms with van der Waals surface area (Å²) in [5, 5.41) is 0. The average Bonchev–Trinajstić information content (AvgIpc) is 3.11. The van der Waals surface area contributed by atoms with Crippen molar-refractivity contribution in [3.05, 3.63) is 29.8 Å². The molecular weight excluding hydrogens is 210 g/mol. The van der Waals surface area contributed by atoms with Gasteiger partial charge in [0.2, 0.25) is 0 Å². The maximum Gasteiger partial charge on any atom is 0.119 e. The molecule has 2 N–H and O–H groups in total. The van der Waals surface area contributed by atoms with Crippen molar-refractivity contribution in [3.8, 4) is 5.75 Å². The van der Waals surface area contributed by atoms with Crippen LogP contribution in [-0.4, -0.2) is 12.1 Å². The van der Waals surface area contributed by atoms with Crippen molar-refractivity contribution in [2.75, 3.05) is 0 Å². The summed E-state index contributed by atoms with van der Waals surface area (Å²) in [7, 11) is 0. The third-order valence-corrected chi connectivity index (χ3v) is 3.19. The molecule has 1 saturated carbocycles. The Labute approximate surface area is 104 Å². The van der Waals surface area contributed by atoms with Crippen LogP contribution in [0.4, 0.5) is 0 Å². The van der Waals surface area contributed by atoms with E-state index in [4.69, 9.17) is 10.5 Å². The molecule has 1 aliphatic carbocycles. The Kier molecular flexibility index (Phi) is 4.43. The average molecular weight is 233 g/mol. The smallest absolute Gasteiger partial charge is 0.119 e. The number of ether oxygens (including phenoxy) is 1. The number of benzene rings is 1. The fourth-order valence-electron chi connectivity index (χ4n) is 2.02. The molecule has 94 valence electrons. The first-order chi connectivity index (χ1) is 8.28. The standard InChI is InChI=1S/C15H23NO/c1-2-4-13(16)8-7-12-5-3-6-15(11-12)17-14-9-10-14/h3,5-6,11,13-14H,2,4,7-10,16H2,1H3. The highest BCUT2D eigenvalue weighted by atomic mass is 16.5. The van der Waals surface area contributed by atoms with E-state index in [-0.39, 0.29) is 0 Å². The molecule has 0 amide bonds. The zero-order valence-corrected chi connectivity index (χ0v) is 10.7. The Morgan fingerprint density at radius 1 is 1.35 bits per heavy atom. The fourth-order valence-corrected chi connectivity index (χ4v) is 2.02. The van der Waals surface area contributed by atoms with Crippen molar-refractivity contribution in [3.63, 3.8) is 0 Å². The molecule has 1 unspecified atom stereocenters. The number of aryl methyl sites for hydroxylation is 1. The van der Waals surface area contributed by atoms with Gasteiger partial charge in [0.25, 0.3) is 0 Å². The second-order valence-electron chi connectivity index (χ2n) is 5.05. The van der Waals surface area contributed by atoms with Gasteiger partial charge in [-0.05, 0) is 49.8 Å². The maximum absolute atomic E-state index is 6.03. The Morgan fingerprint density at radius 3 is 2.88 bits per heavy atom. The lowest BCUT2D eigenvalue weighted by Gasteiger charge is -2.11. The SMILES string of the molecule is CCCC(N)CCc1cccc(OC2CC2)c1. The van der Waals surface area contributed by atoms with E-state index in [9.17, 15) is 0 Å². The van der Waals surface area contributed by atoms with Crippen molar-refractivity contribution in [2.45, 2.75) is 57.6 Å². The summed E-state index contributed by atoms with van der Waals surface area (Å²) in [5.41, 5.74) is 7.37. The lowest BCUT2D eigenvalue weighted by Crippen LogP contribution is -2.20. The van der Waals surface area contributed by atoms with Gasteiger partial charge in [-0.2, -0.15) is 0 Å². The van der Waals surface area contributed by atoms with E-state index in [0.29, 0.717) is 12.1 Å². The first kappa shape index (κ1) is 12.4. The largest absolute Gasteiger partial charge is 0.490 e. The van der Waals surface area contributed by atoms with Crippen molar-refractivity contribution in [1.82, 2.24) is 0 Å². The van der Waals surface area contributed by atoms with Crippen LogP contribution in [0.5, 0.6) is 5.75 Å². The highest BCUT2D eigenvalue weighted by Crippen LogP contribution is 2.27. The van der Waals surface area contributed by atoms with Crippen LogP contribution in [0.15, 0.2) is 24.3 Å². The molecule has 0 spiro atoms. The van der Waals surface area contributed by atoms with Crippen LogP contribution in [-0.2, 0) is 6.42 Å². The predicted octanol–water partition coefficient (Wildman–Crippen LogP) is 3.29. The van der Waals surface area contributed by atoms with Crippen LogP contribution in [0.1, 0.15) is 44.6 Å². The highest BCUT2D eigenvalue weighted by molar-refractivity contribution is 5.29. The molecule has 1 aromatic carbocycles. The Balaban J connectivity index is 1.82. The fraction of sp³-hybridized carbons (Fsp3) is 0.600. The summed E-state index contributed by atoms with van der Waals surface area (Å²) in [5.74, 6) is 1.02. The molecule has 0 bridgehead atoms. The lowest BCUT2D eigenvalue weighted by atomic mass is 10.0. The molecule has 0 saturated heterocycles. The van der Waals surface area contributed by atoms with Crippen molar-refractivity contribution in [1.29, 1.82) is 0 Å². The van der Waals surface area contributed by atoms with E-state index in [2.05, 4.69) is 25.1 Å². The molecule has 1 aliphatic rings. The van der Waals surface area contributed by atoms with Gasteiger partial charge < -0.3 is 10.5 Å². The summed E-state index contributed by atoms with van der Waals surface area (Å²) in [6.45, 7) is 2.18. The Bertz CT molecular complexity index is 347. The molecule has 2 heteroatoms. The Hall–Kier alpha value is -1.02. The van der Waals surface area contributed by atoms with Gasteiger partial charge in [-0.3, -0.25) is 0 Å². The van der Waals surface area contributed by atoms with E-state index < -0.39 is 0 Å². The molecule has 1 fully saturated rings. The summed E-state index contributed by atoms with van der Waals surface area (Å²) in [6, 6.07) is 8.80. The third-order valence-electron chi connectivity index (χ3n) is 3.19. The third kappa shape index (κ3) is 4.39. The van der Waals surface area contributed by atoms with Crippen LogP contribution >= 0.6 is 0 Å². The monoisotopic (exact) mass is 233 g/mol. The van der Waals surface area contributed by atoms with Crippen LogP contribution in [0.2, 0.25) is 0 Å². The van der Waals surface area contributed by atoms with Crippen molar-refractivity contribution < 1.29 is 4.74 Å². The molecular formula is C15H23NO. The van der Waals surface area contributed by atoms with Gasteiger partial charge in [0.05, 0.1) is 6.10 Å². The normalized spacial score (nSPS) is 16.8. The molecule has 0 aliphatic heterocycles. The van der Waals surface area contributed by atoms with Crippen LogP contribution in [0, 0.1) is 0 Å². The van der Waals surface area contributed by atoms with Gasteiger partial charge in [-0.15, -0.1) is 0 Å². The van der Waals surface area contributed by atoms with E-state index in [1.165, 1.54) is 24.8 Å². The number of rotatable bonds is 7. The summed E-state index contributed by atoms with van der Waals surface area (Å²) in [4.78, 5) is 0. The van der Waals surface area contributed by atoms with Gasteiger partial charge in [0.15, 0.2) is 0 Å². The number of hydrogen-bond donors (Lipinski definition) is 1. The molecule has 2 nitrogen and oxygen atoms in total. The van der Waals surface area contributed by atoms with Crippen LogP contribution < -0.4 is 10.5 Å². The molecule has 1 aromatic rings. The van der Waals surface area contributed by atoms with Gasteiger partial charge >= 0.3 is 0 Å². The highest BCUT2D eigenvalue weighted by Gasteiger charge is 2.23. The zero-order chi connectivity index (χ0) is 12.1. The van der Waals surface area contributed by atoms with Crippen molar-refractivity contribution >= 4 is 0 Å². The lowest BCUT2D eigenvalue weighted by molar-refractivity contribution is 0.303. The molecule has 2 rings (SSSR count). The number of hydrogen-bond acceptors (Lipinski definition) is 2. The second-order valence-corrected chi connectivity index (χ2v) is 5.05. The van der Waals surface area contributed by atoms with Gasteiger partial charge in [0.1, 0.15) is 5.75 Å². The summed E-state index contributed by atoms with van der Waals surface area (Å²) in [6.07, 6.45) is 7.33. The van der Waals surface area contributed by atoms with E-state index in [0.717, 1.165) is 25.0 Å². The first-order valence-corrected chi connectivity index (χ1v) is 6.79.